The van der Waals surface area contributed by atoms with Gasteiger partial charge in [-0.2, -0.15) is 0 Å². The van der Waals surface area contributed by atoms with Crippen molar-refractivity contribution in [2.75, 3.05) is 46.8 Å². The molecular formula is C13H27N3O2. The minimum absolute atomic E-state index is 0.174. The standard InChI is InChI=1S/C13H27N3O2/c1-11(2)8-16(6-5-15(3)4)13(7-12(17)18)9-14-10-13/h11,14H,5-10H2,1-4H3,(H,17,18). The molecule has 0 bridgehead atoms. The van der Waals surface area contributed by atoms with E-state index in [9.17, 15) is 4.79 Å². The van der Waals surface area contributed by atoms with E-state index >= 15 is 0 Å². The van der Waals surface area contributed by atoms with Crippen LogP contribution in [0.3, 0.4) is 0 Å². The summed E-state index contributed by atoms with van der Waals surface area (Å²) in [5, 5.41) is 12.3. The molecule has 1 rings (SSSR count). The summed E-state index contributed by atoms with van der Waals surface area (Å²) in [5.41, 5.74) is -0.174. The number of nitrogens with one attached hydrogen (secondary N) is 1. The van der Waals surface area contributed by atoms with E-state index in [1.54, 1.807) is 0 Å². The van der Waals surface area contributed by atoms with Crippen LogP contribution in [0.2, 0.25) is 0 Å². The van der Waals surface area contributed by atoms with Crippen LogP contribution >= 0.6 is 0 Å². The normalized spacial score (nSPS) is 18.4. The molecule has 0 spiro atoms. The highest BCUT2D eigenvalue weighted by molar-refractivity contribution is 5.68. The van der Waals surface area contributed by atoms with E-state index in [2.05, 4.69) is 43.1 Å². The van der Waals surface area contributed by atoms with Crippen LogP contribution in [-0.2, 0) is 4.79 Å². The molecule has 1 saturated heterocycles. The number of hydrogen-bond donors (Lipinski definition) is 2. The third-order valence-corrected chi connectivity index (χ3v) is 3.46. The van der Waals surface area contributed by atoms with Crippen molar-refractivity contribution in [3.63, 3.8) is 0 Å². The minimum atomic E-state index is -0.699. The van der Waals surface area contributed by atoms with E-state index in [1.807, 2.05) is 0 Å². The maximum atomic E-state index is 11.1. The second-order valence-electron chi connectivity index (χ2n) is 6.04. The maximum Gasteiger partial charge on any atom is 0.305 e. The molecule has 0 aromatic heterocycles. The lowest BCUT2D eigenvalue weighted by Gasteiger charge is -2.51. The highest BCUT2D eigenvalue weighted by atomic mass is 16.4. The van der Waals surface area contributed by atoms with Gasteiger partial charge in [-0.15, -0.1) is 0 Å². The van der Waals surface area contributed by atoms with Crippen molar-refractivity contribution < 1.29 is 9.90 Å². The van der Waals surface area contributed by atoms with Gasteiger partial charge in [0.05, 0.1) is 12.0 Å². The molecule has 106 valence electrons. The molecule has 0 unspecified atom stereocenters. The van der Waals surface area contributed by atoms with Crippen molar-refractivity contribution in [1.82, 2.24) is 15.1 Å². The number of hydrogen-bond acceptors (Lipinski definition) is 4. The van der Waals surface area contributed by atoms with E-state index in [0.29, 0.717) is 5.92 Å². The summed E-state index contributed by atoms with van der Waals surface area (Å²) < 4.78 is 0. The van der Waals surface area contributed by atoms with Crippen LogP contribution < -0.4 is 5.32 Å². The molecule has 2 N–H and O–H groups in total. The molecule has 1 heterocycles. The van der Waals surface area contributed by atoms with Crippen LogP contribution in [-0.4, -0.2) is 73.2 Å². The Kier molecular flexibility index (Phi) is 5.56. The highest BCUT2D eigenvalue weighted by Crippen LogP contribution is 2.25. The van der Waals surface area contributed by atoms with E-state index in [-0.39, 0.29) is 12.0 Å². The summed E-state index contributed by atoms with van der Waals surface area (Å²) in [6.45, 7) is 8.81. The van der Waals surface area contributed by atoms with Crippen molar-refractivity contribution in [2.24, 2.45) is 5.92 Å². The van der Waals surface area contributed by atoms with Gasteiger partial charge >= 0.3 is 5.97 Å². The first kappa shape index (κ1) is 15.4. The smallest absolute Gasteiger partial charge is 0.305 e. The number of likely N-dealkylation sites (N-methyl/N-ethyl adjacent to an activating group) is 1. The molecule has 0 aromatic carbocycles. The molecule has 1 fully saturated rings. The molecule has 0 atom stereocenters. The average molecular weight is 257 g/mol. The molecule has 0 radical (unpaired) electrons. The number of aliphatic carboxylic acids is 1. The molecule has 1 aliphatic heterocycles. The van der Waals surface area contributed by atoms with Gasteiger partial charge in [-0.05, 0) is 20.0 Å². The Labute approximate surface area is 110 Å². The fourth-order valence-corrected chi connectivity index (χ4v) is 2.44. The molecular weight excluding hydrogens is 230 g/mol. The van der Waals surface area contributed by atoms with Gasteiger partial charge in [0.15, 0.2) is 0 Å². The van der Waals surface area contributed by atoms with Gasteiger partial charge in [0.2, 0.25) is 0 Å². The van der Waals surface area contributed by atoms with Gasteiger partial charge in [0, 0.05) is 32.7 Å². The molecule has 1 aliphatic rings. The van der Waals surface area contributed by atoms with Gasteiger partial charge in [0.25, 0.3) is 0 Å². The molecule has 0 amide bonds. The molecule has 18 heavy (non-hydrogen) atoms. The zero-order valence-corrected chi connectivity index (χ0v) is 12.1. The zero-order chi connectivity index (χ0) is 13.8. The van der Waals surface area contributed by atoms with Crippen LogP contribution in [0.4, 0.5) is 0 Å². The van der Waals surface area contributed by atoms with E-state index < -0.39 is 5.97 Å². The Bertz CT molecular complexity index is 275. The van der Waals surface area contributed by atoms with Gasteiger partial charge in [0.1, 0.15) is 0 Å². The molecule has 5 nitrogen and oxygen atoms in total. The number of nitrogens with zero attached hydrogens (tertiary/aromatic N) is 2. The molecule has 5 heteroatoms. The number of carbonyl (C=O) groups is 1. The Morgan fingerprint density at radius 1 is 1.33 bits per heavy atom. The summed E-state index contributed by atoms with van der Waals surface area (Å²) in [7, 11) is 4.10. The molecule has 0 aromatic rings. The summed E-state index contributed by atoms with van der Waals surface area (Å²) in [6, 6.07) is 0. The number of carboxylic acid groups (broad SMARTS) is 1. The van der Waals surface area contributed by atoms with Crippen molar-refractivity contribution >= 4 is 5.97 Å². The zero-order valence-electron chi connectivity index (χ0n) is 12.1. The van der Waals surface area contributed by atoms with Crippen LogP contribution in [0.15, 0.2) is 0 Å². The van der Waals surface area contributed by atoms with Gasteiger partial charge in [-0.25, -0.2) is 0 Å². The predicted octanol–water partition coefficient (Wildman–Crippen LogP) is 0.323. The molecule has 0 aliphatic carbocycles. The number of rotatable bonds is 8. The summed E-state index contributed by atoms with van der Waals surface area (Å²) in [6.07, 6.45) is 0.236. The Balaban J connectivity index is 2.68. The summed E-state index contributed by atoms with van der Waals surface area (Å²) in [5.74, 6) is -0.145. The van der Waals surface area contributed by atoms with Crippen molar-refractivity contribution in [3.05, 3.63) is 0 Å². The highest BCUT2D eigenvalue weighted by Gasteiger charge is 2.44. The third-order valence-electron chi connectivity index (χ3n) is 3.46. The van der Waals surface area contributed by atoms with Crippen LogP contribution in [0.25, 0.3) is 0 Å². The summed E-state index contributed by atoms with van der Waals surface area (Å²) in [4.78, 5) is 15.6. The molecule has 0 saturated carbocycles. The lowest BCUT2D eigenvalue weighted by atomic mass is 9.85. The SMILES string of the molecule is CC(C)CN(CCN(C)C)C1(CC(=O)O)CNC1. The lowest BCUT2D eigenvalue weighted by Crippen LogP contribution is -2.70. The second kappa shape index (κ2) is 6.50. The Morgan fingerprint density at radius 2 is 1.94 bits per heavy atom. The van der Waals surface area contributed by atoms with E-state index in [1.165, 1.54) is 0 Å². The average Bonchev–Trinajstić information content (AvgIpc) is 2.17. The lowest BCUT2D eigenvalue weighted by molar-refractivity contribution is -0.142. The van der Waals surface area contributed by atoms with Gasteiger partial charge < -0.3 is 15.3 Å². The first-order valence-electron chi connectivity index (χ1n) is 6.68. The minimum Gasteiger partial charge on any atom is -0.481 e. The monoisotopic (exact) mass is 257 g/mol. The van der Waals surface area contributed by atoms with Crippen molar-refractivity contribution in [1.29, 1.82) is 0 Å². The maximum absolute atomic E-state index is 11.1. The van der Waals surface area contributed by atoms with Crippen molar-refractivity contribution in [3.8, 4) is 0 Å². The first-order chi connectivity index (χ1) is 8.35. The van der Waals surface area contributed by atoms with Crippen LogP contribution in [0, 0.1) is 5.92 Å². The summed E-state index contributed by atoms with van der Waals surface area (Å²) >= 11 is 0. The Hall–Kier alpha value is -0.650. The predicted molar refractivity (Wildman–Crippen MR) is 72.8 cm³/mol. The third kappa shape index (κ3) is 4.23. The first-order valence-corrected chi connectivity index (χ1v) is 6.68. The fraction of sp³-hybridized carbons (Fsp3) is 0.923. The van der Waals surface area contributed by atoms with Gasteiger partial charge in [-0.3, -0.25) is 9.69 Å². The van der Waals surface area contributed by atoms with Crippen LogP contribution in [0.1, 0.15) is 20.3 Å². The van der Waals surface area contributed by atoms with Gasteiger partial charge in [-0.1, -0.05) is 13.8 Å². The van der Waals surface area contributed by atoms with E-state index in [0.717, 1.165) is 32.7 Å². The van der Waals surface area contributed by atoms with E-state index in [4.69, 9.17) is 5.11 Å². The second-order valence-corrected chi connectivity index (χ2v) is 6.04. The van der Waals surface area contributed by atoms with Crippen LogP contribution in [0.5, 0.6) is 0 Å². The fourth-order valence-electron chi connectivity index (χ4n) is 2.44. The quantitative estimate of drug-likeness (QED) is 0.656. The van der Waals surface area contributed by atoms with Crippen molar-refractivity contribution in [2.45, 2.75) is 25.8 Å². The Morgan fingerprint density at radius 3 is 2.28 bits per heavy atom. The largest absolute Gasteiger partial charge is 0.481 e. The topological polar surface area (TPSA) is 55.8 Å². The number of carboxylic acids is 1.